The molecule has 0 saturated heterocycles. The molecule has 0 atom stereocenters. The van der Waals surface area contributed by atoms with Crippen molar-refractivity contribution in [2.45, 2.75) is 41.5 Å². The maximum absolute atomic E-state index is 22.0. The largest absolute Gasteiger partial charge is 0.575 e. The van der Waals surface area contributed by atoms with Crippen LogP contribution in [0, 0.1) is 41.5 Å². The van der Waals surface area contributed by atoms with Gasteiger partial charge in [-0.2, -0.15) is 5.46 Å². The number of aromatic nitrogens is 4. The minimum absolute atomic E-state index is 0.498. The Balaban J connectivity index is 1.52. The van der Waals surface area contributed by atoms with E-state index in [2.05, 4.69) is 148 Å². The zero-order chi connectivity index (χ0) is 47.8. The molecule has 11 rings (SSSR count). The van der Waals surface area contributed by atoms with Crippen LogP contribution < -0.4 is 31.3 Å². The van der Waals surface area contributed by atoms with E-state index in [0.29, 0.717) is 33.3 Å². The Labute approximate surface area is 414 Å². The van der Waals surface area contributed by atoms with Crippen LogP contribution in [0.4, 0.5) is 4.32 Å². The molecule has 2 aromatic heterocycles. The molecule has 0 unspecified atom stereocenters. The second-order valence-electron chi connectivity index (χ2n) is 18.9. The maximum Gasteiger partial charge on any atom is 0.575 e. The van der Waals surface area contributed by atoms with Gasteiger partial charge in [-0.25, -0.2) is 9.13 Å². The third-order valence-electron chi connectivity index (χ3n) is 14.2. The van der Waals surface area contributed by atoms with Crippen LogP contribution in [-0.2, 0) is 0 Å². The van der Waals surface area contributed by atoms with Gasteiger partial charge in [0, 0.05) is 27.3 Å². The number of imidazole rings is 2. The summed E-state index contributed by atoms with van der Waals surface area (Å²) >= 11 is 16.2. The molecule has 0 fully saturated rings. The van der Waals surface area contributed by atoms with Gasteiger partial charge in [-0.1, -0.05) is 216 Å². The van der Waals surface area contributed by atoms with Crippen molar-refractivity contribution >= 4 is 57.7 Å². The average molecular weight is 940 g/mol. The molecule has 3 heterocycles. The molecule has 10 aromatic rings. The highest BCUT2D eigenvalue weighted by atomic mass is 35.5. The number of hydrogen-bond donors (Lipinski definition) is 0. The molecule has 0 radical (unpaired) electrons. The molecule has 338 valence electrons. The summed E-state index contributed by atoms with van der Waals surface area (Å²) in [6, 6.07) is 67.9. The average Bonchev–Trinajstić information content (AvgIpc) is 3.91. The van der Waals surface area contributed by atoms with Gasteiger partial charge in [-0.15, -0.1) is 0 Å². The highest BCUT2D eigenvalue weighted by Crippen LogP contribution is 2.41. The predicted molar refractivity (Wildman–Crippen MR) is 288 cm³/mol. The summed E-state index contributed by atoms with van der Waals surface area (Å²) in [7, 11) is 0. The van der Waals surface area contributed by atoms with E-state index in [1.165, 1.54) is 0 Å². The normalized spacial score (nSPS) is 16.3. The van der Waals surface area contributed by atoms with Gasteiger partial charge in [-0.05, 0) is 75.9 Å². The maximum atomic E-state index is 22.0. The molecule has 0 N–H and O–H groups in total. The van der Waals surface area contributed by atoms with Crippen LogP contribution in [0.2, 0.25) is 5.02 Å². The second-order valence-corrected chi connectivity index (χ2v) is 20.0. The molecule has 0 aliphatic carbocycles. The molecule has 0 saturated carbocycles. The van der Waals surface area contributed by atoms with Gasteiger partial charge < -0.3 is 24.7 Å². The number of benzene rings is 8. The third kappa shape index (κ3) is 6.89. The van der Waals surface area contributed by atoms with E-state index >= 15 is 4.32 Å². The first-order chi connectivity index (χ1) is 33.4. The van der Waals surface area contributed by atoms with Crippen molar-refractivity contribution in [2.24, 2.45) is 0 Å². The lowest BCUT2D eigenvalue weighted by Gasteiger charge is -2.45. The summed E-state index contributed by atoms with van der Waals surface area (Å²) in [6.45, 7) is 9.28. The van der Waals surface area contributed by atoms with Crippen molar-refractivity contribution in [3.63, 3.8) is 0 Å². The van der Waals surface area contributed by atoms with Crippen molar-refractivity contribution in [1.29, 1.82) is 0 Å². The molecule has 4 nitrogen and oxygen atoms in total. The van der Waals surface area contributed by atoms with Crippen LogP contribution in [0.5, 0.6) is 0 Å². The van der Waals surface area contributed by atoms with Crippen molar-refractivity contribution in [3.05, 3.63) is 239 Å². The Hall–Kier alpha value is -7.18. The van der Waals surface area contributed by atoms with Crippen LogP contribution in [0.3, 0.4) is 0 Å². The molecule has 69 heavy (non-hydrogen) atoms. The number of fused-ring (bicyclic) bond motifs is 2. The van der Waals surface area contributed by atoms with Gasteiger partial charge >= 0.3 is 12.3 Å². The molecule has 0 spiro atoms. The Morgan fingerprint density at radius 1 is 0.406 bits per heavy atom. The number of aryl methyl sites for hydroxylation is 6. The van der Waals surface area contributed by atoms with Crippen molar-refractivity contribution < 1.29 is 13.3 Å². The molecular formula is C60H51B2Cl2FN4. The first-order valence-corrected chi connectivity index (χ1v) is 24.5. The van der Waals surface area contributed by atoms with E-state index in [0.717, 1.165) is 83.9 Å². The summed E-state index contributed by atoms with van der Waals surface area (Å²) in [5, 5.41) is 0.575. The molecule has 1 aliphatic heterocycles. The highest BCUT2D eigenvalue weighted by molar-refractivity contribution is 7.39. The lowest BCUT2D eigenvalue weighted by atomic mass is 9.36. The van der Waals surface area contributed by atoms with Crippen LogP contribution in [0.25, 0.3) is 56.4 Å². The van der Waals surface area contributed by atoms with E-state index < -0.39 is 12.3 Å². The first-order valence-electron chi connectivity index (χ1n) is 23.7. The van der Waals surface area contributed by atoms with Gasteiger partial charge in [0.2, 0.25) is 0 Å². The molecule has 8 aromatic carbocycles. The highest BCUT2D eigenvalue weighted by Gasteiger charge is 2.63. The van der Waals surface area contributed by atoms with E-state index in [4.69, 9.17) is 11.6 Å². The quantitative estimate of drug-likeness (QED) is 0.135. The van der Waals surface area contributed by atoms with Gasteiger partial charge in [0.05, 0.1) is 11.4 Å². The van der Waals surface area contributed by atoms with Crippen LogP contribution in [-0.4, -0.2) is 21.4 Å². The van der Waals surface area contributed by atoms with E-state index in [1.54, 1.807) is 0 Å². The Morgan fingerprint density at radius 3 is 1.07 bits per heavy atom. The molecule has 1 aliphatic rings. The zero-order valence-electron chi connectivity index (χ0n) is 39.6. The second kappa shape index (κ2) is 17.1. The topological polar surface area (TPSA) is 17.6 Å². The summed E-state index contributed by atoms with van der Waals surface area (Å²) in [6.07, 6.45) is 0. The molecule has 0 bridgehead atoms. The van der Waals surface area contributed by atoms with E-state index in [9.17, 15) is 11.5 Å². The number of rotatable bonds is 8. The lowest BCUT2D eigenvalue weighted by Crippen LogP contribution is -3.02. The molecule has 0 amide bonds. The van der Waals surface area contributed by atoms with E-state index in [1.807, 2.05) is 112 Å². The van der Waals surface area contributed by atoms with Gasteiger partial charge in [0.15, 0.2) is 11.4 Å². The summed E-state index contributed by atoms with van der Waals surface area (Å²) in [5.74, 6) is 0. The van der Waals surface area contributed by atoms with Crippen LogP contribution >= 0.6 is 23.1 Å². The Morgan fingerprint density at radius 2 is 0.725 bits per heavy atom. The van der Waals surface area contributed by atoms with Crippen molar-refractivity contribution in [1.82, 2.24) is 9.13 Å². The fourth-order valence-electron chi connectivity index (χ4n) is 11.8. The Kier molecular flexibility index (Phi) is 11.0. The van der Waals surface area contributed by atoms with Crippen molar-refractivity contribution in [2.75, 3.05) is 0 Å². The van der Waals surface area contributed by atoms with Crippen LogP contribution in [0.15, 0.2) is 200 Å². The number of halogens is 3. The minimum atomic E-state index is -3.61. The number of nitrogens with zero attached hydrogens (tertiary/aromatic N) is 4. The zero-order valence-corrected chi connectivity index (χ0v) is 41.1. The molecular weight excluding hydrogens is 888 g/mol. The minimum Gasteiger partial charge on any atom is -0.419 e. The van der Waals surface area contributed by atoms with Gasteiger partial charge in [0.25, 0.3) is 0 Å². The van der Waals surface area contributed by atoms with Crippen molar-refractivity contribution in [3.8, 4) is 56.4 Å². The third-order valence-corrected chi connectivity index (χ3v) is 15.1. The summed E-state index contributed by atoms with van der Waals surface area (Å²) < 4.78 is 30.7. The molecule has 9 heteroatoms. The van der Waals surface area contributed by atoms with Gasteiger partial charge in [0.1, 0.15) is 22.8 Å². The number of hydrogen-bond acceptors (Lipinski definition) is 0. The first kappa shape index (κ1) is 44.3. The fourth-order valence-corrected chi connectivity index (χ4v) is 12.4. The summed E-state index contributed by atoms with van der Waals surface area (Å²) in [5.41, 5.74) is 14.7. The summed E-state index contributed by atoms with van der Waals surface area (Å²) in [4.78, 5) is 0. The smallest absolute Gasteiger partial charge is 0.419 e. The predicted octanol–water partition coefficient (Wildman–Crippen LogP) is 11.7. The lowest BCUT2D eigenvalue weighted by molar-refractivity contribution is -0.671. The van der Waals surface area contributed by atoms with E-state index in [-0.39, 0.29) is 0 Å². The SMILES string of the molecule is Cc1cc(C)c(-n2c(-c3ccccc3)c(-c3ccccc3)[n+]3c2[B-](Cl)(c2ccc(Cl)cc2)c2n(-c4c(C)cc(C)cc4C)c(-c4ccccc4)c(-c4ccccc4)[n+]2[B-]3(F)c2ccccc2)c(C)c1. The Bertz CT molecular complexity index is 3340. The monoisotopic (exact) mass is 938 g/mol. The fraction of sp³-hybridized carbons (Fsp3) is 0.100. The van der Waals surface area contributed by atoms with Gasteiger partial charge in [-0.3, -0.25) is 0 Å². The standard InChI is InChI=1S/C60H51B2Cl2FN4/c1-40-36-42(3)53(43(4)37-40)66-55(46-22-12-7-13-23-46)57(48-26-16-9-17-27-48)68-59(66)61(64,50-32-34-52(63)35-33-50)60-67(54-44(5)38-41(2)39-45(54)6)56(47-24-14-8-15-25-47)58(49-28-18-10-19-29-49)69(60)62(68,65)51-30-20-11-21-31-51/h7-39H,1-6H3. The van der Waals surface area contributed by atoms with Crippen LogP contribution in [0.1, 0.15) is 33.4 Å².